The molecule has 3 heteroatoms. The Morgan fingerprint density at radius 3 is 1.50 bits per heavy atom. The summed E-state index contributed by atoms with van der Waals surface area (Å²) < 4.78 is 9.99. The van der Waals surface area contributed by atoms with E-state index in [1.54, 1.807) is 14.2 Å². The molecule has 0 unspecified atom stereocenters. The van der Waals surface area contributed by atoms with E-state index in [1.807, 2.05) is 27.9 Å². The predicted molar refractivity (Wildman–Crippen MR) is 52.6 cm³/mol. The van der Waals surface area contributed by atoms with Crippen LogP contribution < -0.4 is 0 Å². The zero-order valence-electron chi connectivity index (χ0n) is 9.26. The quantitative estimate of drug-likeness (QED) is 0.630. The molecule has 0 spiro atoms. The molecule has 0 radical (unpaired) electrons. The van der Waals surface area contributed by atoms with E-state index >= 15 is 0 Å². The Hall–Kier alpha value is -0.120. The molecule has 0 atom stereocenters. The minimum Gasteiger partial charge on any atom is -0.383 e. The fraction of sp³-hybridized carbons (Fsp3) is 1.00. The molecule has 0 aromatic rings. The Labute approximate surface area is 76.7 Å². The number of nitrogens with zero attached hydrogens (tertiary/aromatic N) is 1. The minimum atomic E-state index is 0.370. The second-order valence-electron chi connectivity index (χ2n) is 2.53. The molecule has 0 aromatic heterocycles. The molecule has 0 aliphatic heterocycles. The van der Waals surface area contributed by atoms with Gasteiger partial charge in [0.15, 0.2) is 0 Å². The molecule has 0 amide bonds. The third kappa shape index (κ3) is 7.98. The Balaban J connectivity index is 0. The van der Waals surface area contributed by atoms with E-state index in [-0.39, 0.29) is 0 Å². The van der Waals surface area contributed by atoms with Gasteiger partial charge >= 0.3 is 0 Å². The van der Waals surface area contributed by atoms with Crippen molar-refractivity contribution in [2.45, 2.75) is 19.9 Å². The van der Waals surface area contributed by atoms with Crippen molar-refractivity contribution in [2.24, 2.45) is 0 Å². The van der Waals surface area contributed by atoms with Gasteiger partial charge < -0.3 is 14.4 Å². The number of ether oxygens (including phenoxy) is 2. The van der Waals surface area contributed by atoms with E-state index in [9.17, 15) is 0 Å². The Bertz CT molecular complexity index is 70.9. The molecule has 76 valence electrons. The summed E-state index contributed by atoms with van der Waals surface area (Å²) >= 11 is 0. The summed E-state index contributed by atoms with van der Waals surface area (Å²) in [4.78, 5) is 2.09. The van der Waals surface area contributed by atoms with Gasteiger partial charge in [0.2, 0.25) is 0 Å². The number of hydrogen-bond acceptors (Lipinski definition) is 3. The van der Waals surface area contributed by atoms with Crippen LogP contribution in [0.5, 0.6) is 0 Å². The maximum atomic E-state index is 5.00. The van der Waals surface area contributed by atoms with E-state index < -0.39 is 0 Å². The first-order valence-corrected chi connectivity index (χ1v) is 4.36. The molecule has 0 fully saturated rings. The lowest BCUT2D eigenvalue weighted by atomic mass is 10.3. The molecule has 3 nitrogen and oxygen atoms in total. The summed E-state index contributed by atoms with van der Waals surface area (Å²) in [7, 11) is 7.43. The van der Waals surface area contributed by atoms with Crippen molar-refractivity contribution < 1.29 is 9.47 Å². The van der Waals surface area contributed by atoms with Crippen LogP contribution in [-0.2, 0) is 9.47 Å². The lowest BCUT2D eigenvalue weighted by Gasteiger charge is -2.22. The number of methoxy groups -OCH3 is 2. The molecule has 0 aliphatic carbocycles. The van der Waals surface area contributed by atoms with Gasteiger partial charge in [0.1, 0.15) is 0 Å². The molecule has 12 heavy (non-hydrogen) atoms. The Morgan fingerprint density at radius 1 is 1.00 bits per heavy atom. The molecule has 0 aliphatic rings. The molecule has 0 saturated heterocycles. The summed E-state index contributed by atoms with van der Waals surface area (Å²) in [5.74, 6) is 0. The molecule has 0 saturated carbocycles. The van der Waals surface area contributed by atoms with Crippen molar-refractivity contribution in [3.05, 3.63) is 0 Å². The Kier molecular flexibility index (Phi) is 13.1. The van der Waals surface area contributed by atoms with E-state index in [1.165, 1.54) is 0 Å². The van der Waals surface area contributed by atoms with E-state index in [0.717, 1.165) is 13.2 Å². The first-order valence-electron chi connectivity index (χ1n) is 4.36. The summed E-state index contributed by atoms with van der Waals surface area (Å²) in [5.41, 5.74) is 0. The van der Waals surface area contributed by atoms with Crippen LogP contribution >= 0.6 is 0 Å². The highest BCUT2D eigenvalue weighted by Gasteiger charge is 2.09. The molecule has 0 aromatic carbocycles. The topological polar surface area (TPSA) is 21.7 Å². The van der Waals surface area contributed by atoms with Crippen LogP contribution in [0.25, 0.3) is 0 Å². The second kappa shape index (κ2) is 10.9. The summed E-state index contributed by atoms with van der Waals surface area (Å²) in [5, 5.41) is 0. The zero-order valence-corrected chi connectivity index (χ0v) is 9.26. The van der Waals surface area contributed by atoms with Gasteiger partial charge in [-0.05, 0) is 14.1 Å². The Morgan fingerprint density at radius 2 is 1.33 bits per heavy atom. The lowest BCUT2D eigenvalue weighted by molar-refractivity contribution is 0.0591. The van der Waals surface area contributed by atoms with E-state index in [0.29, 0.717) is 6.04 Å². The molecule has 0 heterocycles. The van der Waals surface area contributed by atoms with Gasteiger partial charge in [-0.15, -0.1) is 0 Å². The maximum absolute atomic E-state index is 5.00. The van der Waals surface area contributed by atoms with Crippen molar-refractivity contribution in [2.75, 3.05) is 41.5 Å². The third-order valence-electron chi connectivity index (χ3n) is 1.45. The summed E-state index contributed by atoms with van der Waals surface area (Å²) in [6, 6.07) is 0.370. The van der Waals surface area contributed by atoms with Crippen LogP contribution in [0.2, 0.25) is 0 Å². The minimum absolute atomic E-state index is 0.370. The van der Waals surface area contributed by atoms with Crippen LogP contribution in [0.4, 0.5) is 0 Å². The summed E-state index contributed by atoms with van der Waals surface area (Å²) in [6.45, 7) is 5.45. The fourth-order valence-electron chi connectivity index (χ4n) is 0.731. The SMILES string of the molecule is CC.COCC(COC)N(C)C. The highest BCUT2D eigenvalue weighted by atomic mass is 16.5. The molecule has 0 bridgehead atoms. The maximum Gasteiger partial charge on any atom is 0.0640 e. The van der Waals surface area contributed by atoms with Gasteiger partial charge in [0.25, 0.3) is 0 Å². The first-order chi connectivity index (χ1) is 5.72. The largest absolute Gasteiger partial charge is 0.383 e. The van der Waals surface area contributed by atoms with Crippen molar-refractivity contribution in [3.63, 3.8) is 0 Å². The van der Waals surface area contributed by atoms with Crippen LogP contribution in [0.1, 0.15) is 13.8 Å². The standard InChI is InChI=1S/C7H17NO2.C2H6/c1-8(2)7(5-9-3)6-10-4;1-2/h7H,5-6H2,1-4H3;1-2H3. The van der Waals surface area contributed by atoms with Gasteiger partial charge in [0, 0.05) is 14.2 Å². The van der Waals surface area contributed by atoms with Crippen molar-refractivity contribution in [1.82, 2.24) is 4.90 Å². The fourth-order valence-corrected chi connectivity index (χ4v) is 0.731. The molecular weight excluding hydrogens is 154 g/mol. The molecule has 0 rings (SSSR count). The highest BCUT2D eigenvalue weighted by Crippen LogP contribution is 1.93. The first kappa shape index (κ1) is 14.4. The van der Waals surface area contributed by atoms with Crippen LogP contribution in [0.15, 0.2) is 0 Å². The van der Waals surface area contributed by atoms with Crippen LogP contribution in [0.3, 0.4) is 0 Å². The van der Waals surface area contributed by atoms with Crippen molar-refractivity contribution in [1.29, 1.82) is 0 Å². The van der Waals surface area contributed by atoms with E-state index in [2.05, 4.69) is 4.90 Å². The second-order valence-corrected chi connectivity index (χ2v) is 2.53. The van der Waals surface area contributed by atoms with Gasteiger partial charge in [-0.1, -0.05) is 13.8 Å². The van der Waals surface area contributed by atoms with Crippen molar-refractivity contribution >= 4 is 0 Å². The zero-order chi connectivity index (χ0) is 9.98. The average Bonchev–Trinajstić information content (AvgIpc) is 2.08. The van der Waals surface area contributed by atoms with Crippen LogP contribution in [0, 0.1) is 0 Å². The van der Waals surface area contributed by atoms with Gasteiger partial charge in [0.05, 0.1) is 19.3 Å². The number of rotatable bonds is 5. The molecular formula is C9H23NO2. The average molecular weight is 177 g/mol. The van der Waals surface area contributed by atoms with E-state index in [4.69, 9.17) is 9.47 Å². The van der Waals surface area contributed by atoms with Crippen LogP contribution in [-0.4, -0.2) is 52.5 Å². The van der Waals surface area contributed by atoms with Gasteiger partial charge in [-0.2, -0.15) is 0 Å². The monoisotopic (exact) mass is 177 g/mol. The smallest absolute Gasteiger partial charge is 0.0640 e. The van der Waals surface area contributed by atoms with Gasteiger partial charge in [-0.25, -0.2) is 0 Å². The highest BCUT2D eigenvalue weighted by molar-refractivity contribution is 4.62. The predicted octanol–water partition coefficient (Wildman–Crippen LogP) is 1.24. The van der Waals surface area contributed by atoms with Crippen molar-refractivity contribution in [3.8, 4) is 0 Å². The summed E-state index contributed by atoms with van der Waals surface area (Å²) in [6.07, 6.45) is 0. The number of hydrogen-bond donors (Lipinski definition) is 0. The lowest BCUT2D eigenvalue weighted by Crippen LogP contribution is -2.35. The third-order valence-corrected chi connectivity index (χ3v) is 1.45. The normalized spacial score (nSPS) is 10.0. The number of likely N-dealkylation sites (N-methyl/N-ethyl adjacent to an activating group) is 1. The van der Waals surface area contributed by atoms with Gasteiger partial charge in [-0.3, -0.25) is 0 Å². The molecule has 0 N–H and O–H groups in total.